The van der Waals surface area contributed by atoms with Crippen molar-refractivity contribution in [2.24, 2.45) is 10.3 Å². The third-order valence-electron chi connectivity index (χ3n) is 4.86. The van der Waals surface area contributed by atoms with E-state index in [9.17, 15) is 0 Å². The first-order chi connectivity index (χ1) is 16.1. The summed E-state index contributed by atoms with van der Waals surface area (Å²) in [5, 5.41) is 20.6. The van der Waals surface area contributed by atoms with Crippen molar-refractivity contribution in [3.8, 4) is 5.88 Å². The van der Waals surface area contributed by atoms with Crippen LogP contribution in [0.15, 0.2) is 84.6 Å². The molecular weight excluding hydrogens is 558 g/mol. The molecule has 1 aromatic heterocycles. The predicted molar refractivity (Wildman–Crippen MR) is 129 cm³/mol. The van der Waals surface area contributed by atoms with Crippen LogP contribution in [0.2, 0.25) is 0 Å². The average Bonchev–Trinajstić information content (AvgIpc) is 3.61. The van der Waals surface area contributed by atoms with Crippen molar-refractivity contribution in [3.63, 3.8) is 0 Å². The van der Waals surface area contributed by atoms with E-state index in [0.29, 0.717) is 18.9 Å². The zero-order chi connectivity index (χ0) is 23.0. The molecule has 2 unspecified atom stereocenters. The molecule has 2 aromatic carbocycles. The number of aromatic nitrogens is 1. The van der Waals surface area contributed by atoms with E-state index in [-0.39, 0.29) is 18.8 Å². The summed E-state index contributed by atoms with van der Waals surface area (Å²) in [5.74, 6) is 0.459. The van der Waals surface area contributed by atoms with Crippen LogP contribution in [-0.2, 0) is 9.68 Å². The van der Waals surface area contributed by atoms with Gasteiger partial charge in [0.05, 0.1) is 18.0 Å². The summed E-state index contributed by atoms with van der Waals surface area (Å²) in [5.41, 5.74) is 3.94. The molecule has 5 rings (SSSR count). The smallest absolute Gasteiger partial charge is 0.254 e. The van der Waals surface area contributed by atoms with E-state index in [1.54, 1.807) is 6.07 Å². The first-order valence-electron chi connectivity index (χ1n) is 10.2. The van der Waals surface area contributed by atoms with Crippen LogP contribution in [0.5, 0.6) is 5.88 Å². The second kappa shape index (κ2) is 11.4. The molecule has 0 amide bonds. The van der Waals surface area contributed by atoms with Gasteiger partial charge in [-0.05, 0) is 40.5 Å². The van der Waals surface area contributed by atoms with E-state index in [1.807, 2.05) is 48.5 Å². The third kappa shape index (κ3) is 6.66. The Morgan fingerprint density at radius 1 is 0.818 bits per heavy atom. The minimum absolute atomic E-state index is 0.0174. The lowest BCUT2D eigenvalue weighted by molar-refractivity contribution is 0.0390. The third-order valence-corrected chi connectivity index (χ3v) is 5.91. The Bertz CT molecular complexity index is 1090. The minimum atomic E-state index is -0.173. The molecule has 0 bridgehead atoms. The van der Waals surface area contributed by atoms with Gasteiger partial charge in [-0.25, -0.2) is 0 Å². The molecule has 172 valence electrons. The zero-order valence-corrected chi connectivity index (χ0v) is 20.6. The van der Waals surface area contributed by atoms with Crippen molar-refractivity contribution >= 4 is 43.3 Å². The summed E-state index contributed by atoms with van der Waals surface area (Å²) in [6.45, 7) is 0.416. The number of oxime groups is 2. The van der Waals surface area contributed by atoms with Crippen LogP contribution in [-0.4, -0.2) is 47.1 Å². The Morgan fingerprint density at radius 3 is 1.85 bits per heavy atom. The normalized spacial score (nSPS) is 19.0. The molecule has 3 heterocycles. The van der Waals surface area contributed by atoms with Gasteiger partial charge in [0.25, 0.3) is 5.88 Å². The summed E-state index contributed by atoms with van der Waals surface area (Å²) in [4.78, 5) is 10.4. The lowest BCUT2D eigenvalue weighted by Crippen LogP contribution is -2.18. The van der Waals surface area contributed by atoms with Crippen molar-refractivity contribution in [3.05, 3.63) is 80.9 Å². The lowest BCUT2D eigenvalue weighted by Gasteiger charge is -2.07. The number of aliphatic hydroxyl groups excluding tert-OH is 1. The molecule has 0 spiro atoms. The molecule has 0 saturated heterocycles. The highest BCUT2D eigenvalue weighted by atomic mass is 79.9. The van der Waals surface area contributed by atoms with E-state index >= 15 is 0 Å². The molecule has 0 saturated carbocycles. The number of benzene rings is 2. The van der Waals surface area contributed by atoms with E-state index < -0.39 is 0 Å². The molecule has 0 radical (unpaired) electrons. The molecule has 0 aliphatic carbocycles. The molecule has 3 aromatic rings. The van der Waals surface area contributed by atoms with E-state index in [2.05, 4.69) is 51.9 Å². The molecule has 2 aliphatic heterocycles. The van der Waals surface area contributed by atoms with E-state index in [0.717, 1.165) is 37.9 Å². The van der Waals surface area contributed by atoms with Crippen molar-refractivity contribution < 1.29 is 24.0 Å². The van der Waals surface area contributed by atoms with E-state index in [1.165, 1.54) is 6.26 Å². The number of halogens is 2. The monoisotopic (exact) mass is 577 g/mol. The number of rotatable bonds is 6. The van der Waals surface area contributed by atoms with Crippen LogP contribution in [0.25, 0.3) is 0 Å². The maximum Gasteiger partial charge on any atom is 0.254 e. The highest BCUT2D eigenvalue weighted by Crippen LogP contribution is 2.20. The summed E-state index contributed by atoms with van der Waals surface area (Å²) < 4.78 is 12.2. The number of hydrogen-bond acceptors (Lipinski definition) is 8. The van der Waals surface area contributed by atoms with Gasteiger partial charge in [0.2, 0.25) is 0 Å². The SMILES string of the molecule is Brc1ccc(C2=NOC(COc3ccon3)C2)cc1.OCC1CC(c2ccc(Br)cc2)=NO1. The van der Waals surface area contributed by atoms with Gasteiger partial charge in [-0.2, -0.15) is 0 Å². The molecule has 0 fully saturated rings. The fraction of sp³-hybridized carbons (Fsp3) is 0.261. The standard InChI is InChI=1S/C13H11BrN2O3.C10H10BrNO2/c14-10-3-1-9(2-4-10)12-7-11(19-15-12)8-17-13-5-6-18-16-13;11-8-3-1-7(2-4-8)10-5-9(6-13)14-12-10/h1-6,11H,7-8H2;1-4,9,13H,5-6H2. The van der Waals surface area contributed by atoms with Gasteiger partial charge in [-0.15, -0.1) is 0 Å². The van der Waals surface area contributed by atoms with Gasteiger partial charge < -0.3 is 24.0 Å². The molecule has 1 N–H and O–H groups in total. The summed E-state index contributed by atoms with van der Waals surface area (Å²) >= 11 is 6.77. The first-order valence-corrected chi connectivity index (χ1v) is 11.8. The Labute approximate surface area is 207 Å². The molecular formula is C23H21Br2N3O5. The summed E-state index contributed by atoms with van der Waals surface area (Å²) in [6, 6.07) is 17.5. The Morgan fingerprint density at radius 2 is 1.36 bits per heavy atom. The van der Waals surface area contributed by atoms with Crippen molar-refractivity contribution in [2.45, 2.75) is 25.0 Å². The summed E-state index contributed by atoms with van der Waals surface area (Å²) in [6.07, 6.45) is 2.61. The molecule has 33 heavy (non-hydrogen) atoms. The van der Waals surface area contributed by atoms with Gasteiger partial charge in [-0.3, -0.25) is 0 Å². The van der Waals surface area contributed by atoms with Crippen LogP contribution in [0.1, 0.15) is 24.0 Å². The number of aliphatic hydroxyl groups is 1. The number of ether oxygens (including phenoxy) is 1. The number of nitrogens with zero attached hydrogens (tertiary/aromatic N) is 3. The summed E-state index contributed by atoms with van der Waals surface area (Å²) in [7, 11) is 0. The van der Waals surface area contributed by atoms with Crippen molar-refractivity contribution in [2.75, 3.05) is 13.2 Å². The second-order valence-electron chi connectivity index (χ2n) is 7.28. The fourth-order valence-corrected chi connectivity index (χ4v) is 3.65. The maximum absolute atomic E-state index is 8.87. The average molecular weight is 579 g/mol. The molecule has 2 aliphatic rings. The molecule has 8 nitrogen and oxygen atoms in total. The fourth-order valence-electron chi connectivity index (χ4n) is 3.12. The van der Waals surface area contributed by atoms with Gasteiger partial charge >= 0.3 is 0 Å². The van der Waals surface area contributed by atoms with Gasteiger partial charge in [0.15, 0.2) is 12.2 Å². The van der Waals surface area contributed by atoms with Crippen LogP contribution >= 0.6 is 31.9 Å². The van der Waals surface area contributed by atoms with Crippen LogP contribution in [0, 0.1) is 0 Å². The number of hydrogen-bond donors (Lipinski definition) is 1. The van der Waals surface area contributed by atoms with Crippen LogP contribution < -0.4 is 4.74 Å². The topological polar surface area (TPSA) is 98.7 Å². The highest BCUT2D eigenvalue weighted by molar-refractivity contribution is 9.10. The van der Waals surface area contributed by atoms with Crippen LogP contribution in [0.4, 0.5) is 0 Å². The minimum Gasteiger partial charge on any atom is -0.471 e. The largest absolute Gasteiger partial charge is 0.471 e. The highest BCUT2D eigenvalue weighted by Gasteiger charge is 2.23. The first kappa shape index (κ1) is 23.5. The maximum atomic E-state index is 8.87. The van der Waals surface area contributed by atoms with Gasteiger partial charge in [0.1, 0.15) is 12.9 Å². The predicted octanol–water partition coefficient (Wildman–Crippen LogP) is 4.94. The van der Waals surface area contributed by atoms with Crippen LogP contribution in [0.3, 0.4) is 0 Å². The van der Waals surface area contributed by atoms with E-state index in [4.69, 9.17) is 19.5 Å². The quantitative estimate of drug-likeness (QED) is 0.445. The van der Waals surface area contributed by atoms with Crippen molar-refractivity contribution in [1.82, 2.24) is 5.16 Å². The molecule has 2 atom stereocenters. The Balaban J connectivity index is 0.000000165. The van der Waals surface area contributed by atoms with Gasteiger partial charge in [-0.1, -0.05) is 66.4 Å². The zero-order valence-electron chi connectivity index (χ0n) is 17.4. The lowest BCUT2D eigenvalue weighted by atomic mass is 10.1. The van der Waals surface area contributed by atoms with Crippen molar-refractivity contribution in [1.29, 1.82) is 0 Å². The second-order valence-corrected chi connectivity index (χ2v) is 9.12. The van der Waals surface area contributed by atoms with Gasteiger partial charge in [0, 0.05) is 27.9 Å². The Hall–Kier alpha value is -2.69. The Kier molecular flexibility index (Phi) is 8.14. The molecule has 10 heteroatoms.